The lowest BCUT2D eigenvalue weighted by Crippen LogP contribution is -2.53. The van der Waals surface area contributed by atoms with Gasteiger partial charge in [0.15, 0.2) is 0 Å². The second-order valence-electron chi connectivity index (χ2n) is 8.26. The third-order valence-corrected chi connectivity index (χ3v) is 5.96. The van der Waals surface area contributed by atoms with E-state index in [9.17, 15) is 9.90 Å². The second kappa shape index (κ2) is 8.01. The fraction of sp³-hybridized carbons (Fsp3) is 0.476. The maximum absolute atomic E-state index is 12.6. The van der Waals surface area contributed by atoms with Crippen LogP contribution in [0.3, 0.4) is 0 Å². The number of phenols is 1. The van der Waals surface area contributed by atoms with Crippen LogP contribution < -0.4 is 5.32 Å². The smallest absolute Gasteiger partial charge is 0.449 e. The first-order chi connectivity index (χ1) is 13.2. The summed E-state index contributed by atoms with van der Waals surface area (Å²) in [4.78, 5) is 21.2. The summed E-state index contributed by atoms with van der Waals surface area (Å²) in [6, 6.07) is 5.52. The van der Waals surface area contributed by atoms with Crippen LogP contribution in [-0.2, 0) is 11.2 Å². The molecule has 0 bridgehead atoms. The van der Waals surface area contributed by atoms with E-state index in [1.54, 1.807) is 30.6 Å². The highest BCUT2D eigenvalue weighted by atomic mass is 28.2. The molecule has 1 fully saturated rings. The van der Waals surface area contributed by atoms with Gasteiger partial charge >= 0.3 is 10.4 Å². The number of rotatable bonds is 7. The Labute approximate surface area is 170 Å². The number of benzene rings is 1. The molecule has 1 aromatic carbocycles. The van der Waals surface area contributed by atoms with E-state index in [1.165, 1.54) is 5.56 Å². The van der Waals surface area contributed by atoms with Crippen LogP contribution >= 0.6 is 0 Å². The van der Waals surface area contributed by atoms with Crippen molar-refractivity contribution < 1.29 is 14.0 Å². The van der Waals surface area contributed by atoms with Crippen molar-refractivity contribution in [1.29, 1.82) is 0 Å². The molecule has 0 spiro atoms. The Kier molecular flexibility index (Phi) is 5.86. The Morgan fingerprint density at radius 3 is 2.46 bits per heavy atom. The van der Waals surface area contributed by atoms with Gasteiger partial charge in [-0.3, -0.25) is 4.79 Å². The van der Waals surface area contributed by atoms with Crippen molar-refractivity contribution in [2.45, 2.75) is 38.6 Å². The zero-order valence-electron chi connectivity index (χ0n) is 16.9. The minimum Gasteiger partial charge on any atom is -0.508 e. The molecule has 7 heteroatoms. The number of quaternary nitrogens is 1. The minimum atomic E-state index is -0.0366. The van der Waals surface area contributed by atoms with Gasteiger partial charge < -0.3 is 14.6 Å². The first-order valence-electron chi connectivity index (χ1n) is 9.59. The van der Waals surface area contributed by atoms with Crippen LogP contribution in [0.15, 0.2) is 30.6 Å². The van der Waals surface area contributed by atoms with Gasteiger partial charge in [0.2, 0.25) is 5.91 Å². The average Bonchev–Trinajstić information content (AvgIpc) is 3.40. The molecule has 28 heavy (non-hydrogen) atoms. The molecular weight excluding hydrogens is 368 g/mol. The lowest BCUT2D eigenvalue weighted by Gasteiger charge is -2.35. The van der Waals surface area contributed by atoms with Gasteiger partial charge in [0.25, 0.3) is 0 Å². The van der Waals surface area contributed by atoms with E-state index in [0.717, 1.165) is 29.8 Å². The predicted molar refractivity (Wildman–Crippen MR) is 109 cm³/mol. The number of nitrogens with one attached hydrogen (secondary N) is 1. The van der Waals surface area contributed by atoms with Crippen molar-refractivity contribution in [1.82, 2.24) is 15.3 Å². The third-order valence-electron chi connectivity index (χ3n) is 5.59. The normalized spacial score (nSPS) is 19.9. The number of carbonyl (C=O) groups is 1. The first-order valence-corrected chi connectivity index (χ1v) is 10.0. The molecule has 3 rings (SSSR count). The van der Waals surface area contributed by atoms with Gasteiger partial charge in [0.1, 0.15) is 11.6 Å². The van der Waals surface area contributed by atoms with Gasteiger partial charge in [-0.2, -0.15) is 0 Å². The van der Waals surface area contributed by atoms with Gasteiger partial charge in [-0.1, -0.05) is 0 Å². The molecule has 3 atom stereocenters. The second-order valence-corrected chi connectivity index (χ2v) is 9.41. The van der Waals surface area contributed by atoms with Crippen LogP contribution in [-0.4, -0.2) is 62.2 Å². The maximum Gasteiger partial charge on any atom is 0.449 e. The van der Waals surface area contributed by atoms with E-state index in [2.05, 4.69) is 39.8 Å². The van der Waals surface area contributed by atoms with Crippen LogP contribution in [0.2, 0.25) is 0 Å². The highest BCUT2D eigenvalue weighted by molar-refractivity contribution is 5.97. The van der Waals surface area contributed by atoms with Gasteiger partial charge in [-0.05, 0) is 55.2 Å². The summed E-state index contributed by atoms with van der Waals surface area (Å²) >= 11 is 0. The number of hydrogen-bond donors (Lipinski definition) is 2. The van der Waals surface area contributed by atoms with Crippen LogP contribution in [0.4, 0.5) is 0 Å². The molecule has 1 saturated carbocycles. The number of likely N-dealkylation sites (N-methyl/N-ethyl adjacent to an activating group) is 1. The van der Waals surface area contributed by atoms with Crippen molar-refractivity contribution in [3.63, 3.8) is 0 Å². The molecule has 3 radical (unpaired) electrons. The number of aryl methyl sites for hydroxylation is 2. The predicted octanol–water partition coefficient (Wildman–Crippen LogP) is 1.79. The summed E-state index contributed by atoms with van der Waals surface area (Å²) in [6.45, 7) is 4.59. The van der Waals surface area contributed by atoms with Gasteiger partial charge in [-0.15, -0.1) is 0 Å². The van der Waals surface area contributed by atoms with Gasteiger partial charge in [0, 0.05) is 30.7 Å². The molecule has 1 aromatic heterocycles. The van der Waals surface area contributed by atoms with E-state index in [0.29, 0.717) is 16.4 Å². The van der Waals surface area contributed by atoms with E-state index in [4.69, 9.17) is 0 Å². The van der Waals surface area contributed by atoms with E-state index in [1.807, 2.05) is 13.8 Å². The summed E-state index contributed by atoms with van der Waals surface area (Å²) in [5.41, 5.74) is 3.35. The first kappa shape index (κ1) is 20.5. The van der Waals surface area contributed by atoms with Crippen LogP contribution in [0.5, 0.6) is 5.75 Å². The molecule has 1 aliphatic rings. The fourth-order valence-corrected chi connectivity index (χ4v) is 3.86. The number of hydrogen-bond acceptors (Lipinski definition) is 4. The Bertz CT molecular complexity index is 828. The van der Waals surface area contributed by atoms with Crippen LogP contribution in [0.25, 0.3) is 0 Å². The monoisotopic (exact) mass is 396 g/mol. The molecular formula is C21H28N4O2Si+. The Balaban J connectivity index is 1.64. The van der Waals surface area contributed by atoms with E-state index >= 15 is 0 Å². The van der Waals surface area contributed by atoms with E-state index < -0.39 is 0 Å². The zero-order chi connectivity index (χ0) is 20.5. The Morgan fingerprint density at radius 2 is 1.89 bits per heavy atom. The fourth-order valence-electron chi connectivity index (χ4n) is 3.68. The van der Waals surface area contributed by atoms with Crippen molar-refractivity contribution in [2.24, 2.45) is 5.92 Å². The van der Waals surface area contributed by atoms with Crippen LogP contribution in [0, 0.1) is 19.8 Å². The summed E-state index contributed by atoms with van der Waals surface area (Å²) < 4.78 is 0.552. The van der Waals surface area contributed by atoms with Crippen molar-refractivity contribution in [3.8, 4) is 5.75 Å². The molecule has 0 aliphatic heterocycles. The number of carbonyl (C=O) groups excluding carboxylic acids is 1. The van der Waals surface area contributed by atoms with E-state index in [-0.39, 0.29) is 23.8 Å². The average molecular weight is 397 g/mol. The maximum atomic E-state index is 12.6. The quantitative estimate of drug-likeness (QED) is 0.700. The van der Waals surface area contributed by atoms with Gasteiger partial charge in [0.05, 0.1) is 26.7 Å². The highest BCUT2D eigenvalue weighted by Crippen LogP contribution is 2.45. The highest BCUT2D eigenvalue weighted by Gasteiger charge is 2.46. The largest absolute Gasteiger partial charge is 0.508 e. The SMILES string of the molecule is Cc1cc(O)cc(C)c1C[C@@H](CNC(=O)C1CC1c1ncccn1)[N+](C)(C)[Si]. The minimum absolute atomic E-state index is 0.0366. The number of aromatic nitrogens is 2. The molecule has 6 nitrogen and oxygen atoms in total. The standard InChI is InChI=1S/C21H28N4O2Si/c1-13-8-16(26)9-14(2)17(13)10-15(25(3,4)28)12-24-21(27)19-11-18(19)20-22-6-5-7-23-20/h5-9,15,18-19,26H,10-12H2,1-4H3,(H,24,27)/q+1/t15-,18?,19?/m0/s1. The van der Waals surface area contributed by atoms with Crippen LogP contribution in [0.1, 0.15) is 34.9 Å². The van der Waals surface area contributed by atoms with Crippen molar-refractivity contribution in [2.75, 3.05) is 20.6 Å². The topological polar surface area (TPSA) is 75.1 Å². The Hall–Kier alpha value is -2.25. The number of aromatic hydroxyl groups is 1. The molecule has 0 saturated heterocycles. The zero-order valence-corrected chi connectivity index (χ0v) is 17.9. The summed E-state index contributed by atoms with van der Waals surface area (Å²) in [5, 5.41) is 12.9. The molecule has 1 aliphatic carbocycles. The Morgan fingerprint density at radius 1 is 1.29 bits per heavy atom. The number of phenolic OH excluding ortho intramolecular Hbond substituents is 1. The summed E-state index contributed by atoms with van der Waals surface area (Å²) in [5.74, 6) is 1.21. The summed E-state index contributed by atoms with van der Waals surface area (Å²) in [6.07, 6.45) is 5.05. The molecule has 2 unspecified atom stereocenters. The molecule has 1 heterocycles. The summed E-state index contributed by atoms with van der Waals surface area (Å²) in [7, 11) is 7.92. The van der Waals surface area contributed by atoms with Crippen molar-refractivity contribution >= 4 is 16.3 Å². The van der Waals surface area contributed by atoms with Crippen molar-refractivity contribution in [3.05, 3.63) is 53.1 Å². The molecule has 2 aromatic rings. The molecule has 2 N–H and O–H groups in total. The lowest BCUT2D eigenvalue weighted by atomic mass is 9.95. The molecule has 147 valence electrons. The van der Waals surface area contributed by atoms with Gasteiger partial charge in [-0.25, -0.2) is 9.97 Å². The lowest BCUT2D eigenvalue weighted by molar-refractivity contribution is -0.800. The third kappa shape index (κ3) is 4.77. The number of amides is 1. The molecule has 1 amide bonds. The number of nitrogens with zero attached hydrogens (tertiary/aromatic N) is 3.